The Morgan fingerprint density at radius 1 is 0.762 bits per heavy atom. The molecule has 1 unspecified atom stereocenters. The number of phenols is 3. The van der Waals surface area contributed by atoms with E-state index in [-0.39, 0.29) is 46.2 Å². The molecule has 2 aromatic rings. The zero-order valence-corrected chi connectivity index (χ0v) is 25.6. The van der Waals surface area contributed by atoms with Gasteiger partial charge in [-0.1, -0.05) is 41.0 Å². The summed E-state index contributed by atoms with van der Waals surface area (Å²) < 4.78 is 0. The standard InChI is InChI=1S/C35H44O7/c1-20(2)10-7-14-25(19-36)15-9-13-21(3)11-8-12-22(4)16-17-35(42)33(40)28-26(37)18-23(5)27-29(28)30(34(35)41)32(39)24(6)31(27)38/h10-11,15-16,18,36-39,42H,7-9,12-14,17,19H2,1-6H3/b21-11+,22-16+,25-15-. The lowest BCUT2D eigenvalue weighted by molar-refractivity contribution is 0.0294. The normalized spacial score (nSPS) is 17.8. The molecule has 3 rings (SSSR count). The second-order valence-electron chi connectivity index (χ2n) is 11.8. The van der Waals surface area contributed by atoms with Crippen molar-refractivity contribution in [2.24, 2.45) is 0 Å². The van der Waals surface area contributed by atoms with Crippen LogP contribution >= 0.6 is 0 Å². The fourth-order valence-electron chi connectivity index (χ4n) is 5.48. The van der Waals surface area contributed by atoms with Gasteiger partial charge in [-0.05, 0) is 97.3 Å². The summed E-state index contributed by atoms with van der Waals surface area (Å²) in [5.41, 5.74) is 1.87. The first-order valence-corrected chi connectivity index (χ1v) is 14.5. The van der Waals surface area contributed by atoms with Gasteiger partial charge in [0.15, 0.2) is 5.60 Å². The molecule has 7 heteroatoms. The number of aliphatic hydroxyl groups excluding tert-OH is 1. The van der Waals surface area contributed by atoms with Crippen LogP contribution in [0.5, 0.6) is 17.2 Å². The highest BCUT2D eigenvalue weighted by molar-refractivity contribution is 6.36. The second-order valence-corrected chi connectivity index (χ2v) is 11.8. The highest BCUT2D eigenvalue weighted by Crippen LogP contribution is 2.49. The predicted molar refractivity (Wildman–Crippen MR) is 166 cm³/mol. The van der Waals surface area contributed by atoms with Crippen molar-refractivity contribution in [3.63, 3.8) is 0 Å². The average molecular weight is 577 g/mol. The molecule has 0 amide bonds. The van der Waals surface area contributed by atoms with Crippen molar-refractivity contribution in [2.45, 2.75) is 92.1 Å². The van der Waals surface area contributed by atoms with Gasteiger partial charge in [0.05, 0.1) is 17.7 Å². The van der Waals surface area contributed by atoms with Crippen LogP contribution in [0.1, 0.15) is 104 Å². The first-order chi connectivity index (χ1) is 19.7. The molecule has 42 heavy (non-hydrogen) atoms. The number of benzene rings is 2. The number of aliphatic hydroxyl groups is 2. The molecule has 0 spiro atoms. The molecule has 7 nitrogen and oxygen atoms in total. The Balaban J connectivity index is 1.72. The molecule has 226 valence electrons. The van der Waals surface area contributed by atoms with Gasteiger partial charge in [0.25, 0.3) is 0 Å². The second kappa shape index (κ2) is 13.5. The van der Waals surface area contributed by atoms with Gasteiger partial charge in [-0.25, -0.2) is 0 Å². The topological polar surface area (TPSA) is 135 Å². The van der Waals surface area contributed by atoms with E-state index in [0.29, 0.717) is 12.0 Å². The minimum atomic E-state index is -2.50. The number of Topliss-reactive ketones (excluding diaryl/α,β-unsaturated/α-hetero) is 2. The van der Waals surface area contributed by atoms with E-state index in [0.717, 1.165) is 43.3 Å². The summed E-state index contributed by atoms with van der Waals surface area (Å²) in [6.45, 7) is 11.2. The maximum absolute atomic E-state index is 13.6. The lowest BCUT2D eigenvalue weighted by Gasteiger charge is -2.32. The number of hydrogen-bond acceptors (Lipinski definition) is 7. The van der Waals surface area contributed by atoms with Crippen molar-refractivity contribution in [2.75, 3.05) is 6.61 Å². The summed E-state index contributed by atoms with van der Waals surface area (Å²) in [5, 5.41) is 53.3. The van der Waals surface area contributed by atoms with Crippen LogP contribution in [0.4, 0.5) is 0 Å². The molecule has 0 aromatic heterocycles. The van der Waals surface area contributed by atoms with Crippen LogP contribution in [0.2, 0.25) is 0 Å². The molecule has 0 fully saturated rings. The lowest BCUT2D eigenvalue weighted by Crippen LogP contribution is -2.49. The molecule has 2 aromatic carbocycles. The van der Waals surface area contributed by atoms with E-state index in [1.54, 1.807) is 13.0 Å². The van der Waals surface area contributed by atoms with Crippen molar-refractivity contribution in [1.82, 2.24) is 0 Å². The highest BCUT2D eigenvalue weighted by Gasteiger charge is 2.51. The molecule has 1 aliphatic rings. The Bertz CT molecular complexity index is 1520. The summed E-state index contributed by atoms with van der Waals surface area (Å²) in [6, 6.07) is 1.31. The summed E-state index contributed by atoms with van der Waals surface area (Å²) >= 11 is 0. The number of aromatic hydroxyl groups is 3. The van der Waals surface area contributed by atoms with Gasteiger partial charge in [0.1, 0.15) is 17.2 Å². The van der Waals surface area contributed by atoms with E-state index < -0.39 is 28.7 Å². The minimum Gasteiger partial charge on any atom is -0.507 e. The number of allylic oxidation sites excluding steroid dienone is 6. The number of carbonyl (C=O) groups excluding carboxylic acids is 2. The van der Waals surface area contributed by atoms with Crippen molar-refractivity contribution in [3.8, 4) is 17.2 Å². The maximum atomic E-state index is 13.6. The van der Waals surface area contributed by atoms with E-state index in [1.165, 1.54) is 24.1 Å². The van der Waals surface area contributed by atoms with Crippen LogP contribution in [0.3, 0.4) is 0 Å². The third kappa shape index (κ3) is 6.69. The molecule has 0 saturated carbocycles. The van der Waals surface area contributed by atoms with Crippen molar-refractivity contribution < 1.29 is 35.1 Å². The smallest absolute Gasteiger partial charge is 0.207 e. The first kappa shape index (κ1) is 32.8. The van der Waals surface area contributed by atoms with Crippen LogP contribution in [-0.4, -0.2) is 49.3 Å². The Kier molecular flexibility index (Phi) is 10.6. The fourth-order valence-corrected chi connectivity index (χ4v) is 5.48. The molecule has 0 heterocycles. The van der Waals surface area contributed by atoms with Gasteiger partial charge in [-0.2, -0.15) is 0 Å². The van der Waals surface area contributed by atoms with Crippen LogP contribution in [0, 0.1) is 13.8 Å². The Labute approximate surface area is 248 Å². The van der Waals surface area contributed by atoms with E-state index in [9.17, 15) is 35.1 Å². The molecule has 0 aliphatic heterocycles. The number of carbonyl (C=O) groups is 2. The van der Waals surface area contributed by atoms with Gasteiger partial charge in [0.2, 0.25) is 11.6 Å². The quantitative estimate of drug-likeness (QED) is 0.133. The van der Waals surface area contributed by atoms with E-state index >= 15 is 0 Å². The number of hydrogen-bond donors (Lipinski definition) is 5. The number of rotatable bonds is 12. The van der Waals surface area contributed by atoms with Gasteiger partial charge < -0.3 is 25.5 Å². The Hall–Kier alpha value is -3.68. The van der Waals surface area contributed by atoms with Crippen LogP contribution < -0.4 is 0 Å². The van der Waals surface area contributed by atoms with Crippen LogP contribution in [-0.2, 0) is 0 Å². The van der Waals surface area contributed by atoms with Crippen molar-refractivity contribution in [1.29, 1.82) is 0 Å². The van der Waals surface area contributed by atoms with E-state index in [4.69, 9.17) is 0 Å². The van der Waals surface area contributed by atoms with Crippen molar-refractivity contribution >= 4 is 22.3 Å². The lowest BCUT2D eigenvalue weighted by atomic mass is 9.73. The van der Waals surface area contributed by atoms with E-state index in [1.807, 2.05) is 6.92 Å². The summed E-state index contributed by atoms with van der Waals surface area (Å²) in [7, 11) is 0. The van der Waals surface area contributed by atoms with E-state index in [2.05, 4.69) is 39.0 Å². The van der Waals surface area contributed by atoms with Crippen molar-refractivity contribution in [3.05, 3.63) is 74.9 Å². The first-order valence-electron chi connectivity index (χ1n) is 14.5. The SMILES string of the molecule is CC(C)=CCC/C(=C/CC/C(C)=C/CC/C(C)=C/CC1(O)C(=O)c2c(O)cc(C)c3c(O)c(C)c(O)c(c23)C1=O)CO. The van der Waals surface area contributed by atoms with Crippen LogP contribution in [0.25, 0.3) is 10.8 Å². The fraction of sp³-hybridized carbons (Fsp3) is 0.429. The summed E-state index contributed by atoms with van der Waals surface area (Å²) in [6.07, 6.45) is 12.7. The number of ketones is 2. The van der Waals surface area contributed by atoms with Crippen LogP contribution in [0.15, 0.2) is 52.7 Å². The monoisotopic (exact) mass is 576 g/mol. The third-order valence-corrected chi connectivity index (χ3v) is 8.11. The molecule has 1 atom stereocenters. The van der Waals surface area contributed by atoms with Gasteiger partial charge in [0, 0.05) is 22.8 Å². The Morgan fingerprint density at radius 2 is 1.33 bits per heavy atom. The summed E-state index contributed by atoms with van der Waals surface area (Å²) in [4.78, 5) is 27.1. The molecule has 0 saturated heterocycles. The highest BCUT2D eigenvalue weighted by atomic mass is 16.3. The molecule has 5 N–H and O–H groups in total. The predicted octanol–water partition coefficient (Wildman–Crippen LogP) is 7.19. The molecule has 1 aliphatic carbocycles. The zero-order valence-electron chi connectivity index (χ0n) is 25.6. The summed E-state index contributed by atoms with van der Waals surface area (Å²) in [5.74, 6) is -3.13. The maximum Gasteiger partial charge on any atom is 0.207 e. The molecule has 0 radical (unpaired) electrons. The van der Waals surface area contributed by atoms with Gasteiger partial charge >= 0.3 is 0 Å². The molecular formula is C35H44O7. The van der Waals surface area contributed by atoms with Gasteiger partial charge in [-0.15, -0.1) is 0 Å². The average Bonchev–Trinajstić information content (AvgIpc) is 2.92. The largest absolute Gasteiger partial charge is 0.507 e. The molecule has 0 bridgehead atoms. The molecular weight excluding hydrogens is 532 g/mol. The minimum absolute atomic E-state index is 0.0389. The number of phenolic OH excluding ortho intramolecular Hbond substituents is 3. The zero-order chi connectivity index (χ0) is 31.4. The third-order valence-electron chi connectivity index (χ3n) is 8.11. The van der Waals surface area contributed by atoms with Gasteiger partial charge in [-0.3, -0.25) is 9.59 Å². The number of aryl methyl sites for hydroxylation is 1. The Morgan fingerprint density at radius 3 is 1.95 bits per heavy atom.